The van der Waals surface area contributed by atoms with E-state index in [4.69, 9.17) is 29.3 Å². The van der Waals surface area contributed by atoms with E-state index in [9.17, 15) is 9.59 Å². The number of benzene rings is 2. The van der Waals surface area contributed by atoms with Crippen molar-refractivity contribution in [3.63, 3.8) is 0 Å². The van der Waals surface area contributed by atoms with Crippen LogP contribution >= 0.6 is 43.6 Å². The summed E-state index contributed by atoms with van der Waals surface area (Å²) in [4.78, 5) is 33.9. The molecule has 1 unspecified atom stereocenters. The van der Waals surface area contributed by atoms with Gasteiger partial charge in [0.15, 0.2) is 14.6 Å². The van der Waals surface area contributed by atoms with E-state index >= 15 is 0 Å². The topological polar surface area (TPSA) is 102 Å². The van der Waals surface area contributed by atoms with Crippen LogP contribution in [0.15, 0.2) is 54.7 Å². The maximum atomic E-state index is 13.2. The number of morpholine rings is 1. The summed E-state index contributed by atoms with van der Waals surface area (Å²) in [5, 5.41) is 9.23. The molecule has 0 saturated carbocycles. The van der Waals surface area contributed by atoms with Gasteiger partial charge in [-0.2, -0.15) is 5.10 Å². The zero-order chi connectivity index (χ0) is 28.2. The Morgan fingerprint density at radius 1 is 1.15 bits per heavy atom. The Bertz CT molecular complexity index is 1560. The van der Waals surface area contributed by atoms with Crippen LogP contribution in [0.4, 0.5) is 10.5 Å². The van der Waals surface area contributed by atoms with E-state index in [-0.39, 0.29) is 20.9 Å². The average molecular weight is 693 g/mol. The molecule has 10 nitrogen and oxygen atoms in total. The Morgan fingerprint density at radius 3 is 2.67 bits per heavy atom. The highest BCUT2D eigenvalue weighted by Gasteiger charge is 2.22. The highest BCUT2D eigenvalue weighted by Crippen LogP contribution is 2.33. The first-order valence-electron chi connectivity index (χ1n) is 12.5. The molecule has 0 aliphatic carbocycles. The van der Waals surface area contributed by atoms with E-state index in [2.05, 4.69) is 5.32 Å². The van der Waals surface area contributed by atoms with E-state index in [1.165, 1.54) is 4.90 Å². The van der Waals surface area contributed by atoms with Crippen LogP contribution in [0, 0.1) is 0 Å². The Balaban J connectivity index is 1.52. The molecule has 0 spiro atoms. The number of anilines is 1. The number of carbonyl (C=O) groups excluding carboxylic acids is 2. The zero-order valence-corrected chi connectivity index (χ0v) is 25.8. The first kappa shape index (κ1) is 28.7. The summed E-state index contributed by atoms with van der Waals surface area (Å²) in [5.41, 5.74) is 5.01. The number of nitrogens with one attached hydrogen (secondary N) is 1. The standard InChI is InChI=1S/C27H27ClIN6O4P/c1-33(2)26(36)22-14-18(6-7-23(22)31-27(37)34-8-10-38-11-9-34)19-15-21-24(13-17-4-3-5-20(28)12-17)32-35(40-39-29)25(21)30-16-19/h3-7,12,14-16,40H,8-11,13H2,1-2H3,(H,31,37). The van der Waals surface area contributed by atoms with Gasteiger partial charge in [0.1, 0.15) is 23.0 Å². The molecular formula is C27H27ClIN6O4P. The highest BCUT2D eigenvalue weighted by molar-refractivity contribution is 14.1. The van der Waals surface area contributed by atoms with Crippen molar-refractivity contribution in [2.75, 3.05) is 45.7 Å². The van der Waals surface area contributed by atoms with E-state index in [0.29, 0.717) is 54.6 Å². The quantitative estimate of drug-likeness (QED) is 0.199. The lowest BCUT2D eigenvalue weighted by Gasteiger charge is -2.27. The van der Waals surface area contributed by atoms with Gasteiger partial charge in [-0.15, -0.1) is 0 Å². The van der Waals surface area contributed by atoms with Crippen molar-refractivity contribution >= 4 is 72.2 Å². The SMILES string of the molecule is CN(C)C(=O)c1cc(-c2cnc3c(c2)c(Cc2cccc(Cl)c2)nn3POI)ccc1NC(=O)N1CCOCC1. The predicted octanol–water partition coefficient (Wildman–Crippen LogP) is 5.63. The van der Waals surface area contributed by atoms with E-state index in [1.807, 2.05) is 59.4 Å². The fourth-order valence-corrected chi connectivity index (χ4v) is 5.76. The zero-order valence-electron chi connectivity index (χ0n) is 21.9. The van der Waals surface area contributed by atoms with Gasteiger partial charge in [-0.05, 0) is 41.5 Å². The molecule has 1 aliphatic heterocycles. The molecule has 1 fully saturated rings. The third kappa shape index (κ3) is 6.39. The molecule has 1 saturated heterocycles. The largest absolute Gasteiger partial charge is 0.378 e. The molecule has 1 N–H and O–H groups in total. The Morgan fingerprint density at radius 2 is 1.95 bits per heavy atom. The molecule has 3 heterocycles. The van der Waals surface area contributed by atoms with E-state index < -0.39 is 0 Å². The second-order valence-corrected chi connectivity index (χ2v) is 11.9. The number of aromatic nitrogens is 3. The van der Waals surface area contributed by atoms with Gasteiger partial charge in [0, 0.05) is 55.8 Å². The maximum Gasteiger partial charge on any atom is 0.322 e. The minimum absolute atomic E-state index is 0.0264. The van der Waals surface area contributed by atoms with Crippen molar-refractivity contribution in [3.05, 3.63) is 76.6 Å². The van der Waals surface area contributed by atoms with Gasteiger partial charge in [0.05, 0.1) is 30.2 Å². The van der Waals surface area contributed by atoms with Crippen molar-refractivity contribution in [3.8, 4) is 11.1 Å². The third-order valence-electron chi connectivity index (χ3n) is 6.51. The highest BCUT2D eigenvalue weighted by atomic mass is 127. The summed E-state index contributed by atoms with van der Waals surface area (Å²) in [5.74, 6) is -0.219. The van der Waals surface area contributed by atoms with Crippen LogP contribution in [0.1, 0.15) is 21.6 Å². The summed E-state index contributed by atoms with van der Waals surface area (Å²) < 4.78 is 12.4. The predicted molar refractivity (Wildman–Crippen MR) is 165 cm³/mol. The molecule has 5 rings (SSSR count). The van der Waals surface area contributed by atoms with Gasteiger partial charge >= 0.3 is 6.03 Å². The number of carbonyl (C=O) groups is 2. The number of fused-ring (bicyclic) bond motifs is 1. The van der Waals surface area contributed by atoms with Crippen LogP contribution in [0.5, 0.6) is 0 Å². The van der Waals surface area contributed by atoms with Gasteiger partial charge in [0.2, 0.25) is 0 Å². The minimum Gasteiger partial charge on any atom is -0.378 e. The fraction of sp³-hybridized carbons (Fsp3) is 0.259. The molecule has 4 aromatic rings. The van der Waals surface area contributed by atoms with Crippen molar-refractivity contribution in [2.24, 2.45) is 0 Å². The van der Waals surface area contributed by atoms with Gasteiger partial charge in [-0.25, -0.2) is 14.2 Å². The van der Waals surface area contributed by atoms with Crippen LogP contribution in [0.2, 0.25) is 5.02 Å². The second kappa shape index (κ2) is 12.8. The first-order chi connectivity index (χ1) is 19.3. The van der Waals surface area contributed by atoms with Gasteiger partial charge in [-0.3, -0.25) is 7.65 Å². The Hall–Kier alpha value is -2.83. The number of hydrogen-bond donors (Lipinski definition) is 1. The number of halogens is 2. The van der Waals surface area contributed by atoms with Crippen molar-refractivity contribution in [1.29, 1.82) is 0 Å². The van der Waals surface area contributed by atoms with Crippen LogP contribution in [0.25, 0.3) is 22.2 Å². The summed E-state index contributed by atoms with van der Waals surface area (Å²) in [7, 11) is 3.34. The summed E-state index contributed by atoms with van der Waals surface area (Å²) in [6, 6.07) is 14.9. The van der Waals surface area contributed by atoms with Crippen LogP contribution in [-0.4, -0.2) is 76.7 Å². The average Bonchev–Trinajstić information content (AvgIpc) is 3.29. The van der Waals surface area contributed by atoms with Crippen molar-refractivity contribution in [2.45, 2.75) is 6.42 Å². The molecular weight excluding hydrogens is 666 g/mol. The lowest BCUT2D eigenvalue weighted by molar-refractivity contribution is 0.0564. The number of pyridine rings is 1. The maximum absolute atomic E-state index is 13.2. The van der Waals surface area contributed by atoms with E-state index in [1.54, 1.807) is 41.8 Å². The molecule has 3 amide bonds. The van der Waals surface area contributed by atoms with Crippen LogP contribution < -0.4 is 5.32 Å². The number of urea groups is 1. The summed E-state index contributed by atoms with van der Waals surface area (Å²) >= 11 is 8.07. The van der Waals surface area contributed by atoms with Gasteiger partial charge in [-0.1, -0.05) is 29.8 Å². The summed E-state index contributed by atoms with van der Waals surface area (Å²) in [6.45, 7) is 1.99. The van der Waals surface area contributed by atoms with Gasteiger partial charge in [0.25, 0.3) is 5.91 Å². The third-order valence-corrected chi connectivity index (χ3v) is 7.89. The second-order valence-electron chi connectivity index (χ2n) is 9.42. The van der Waals surface area contributed by atoms with Crippen molar-refractivity contribution < 1.29 is 17.2 Å². The van der Waals surface area contributed by atoms with Crippen LogP contribution in [0.3, 0.4) is 0 Å². The first-order valence-corrected chi connectivity index (χ1v) is 14.6. The molecule has 40 heavy (non-hydrogen) atoms. The number of ether oxygens (including phenoxy) is 1. The molecule has 2 aromatic heterocycles. The Labute approximate surface area is 252 Å². The van der Waals surface area contributed by atoms with E-state index in [0.717, 1.165) is 27.8 Å². The molecule has 0 bridgehead atoms. The lowest BCUT2D eigenvalue weighted by Crippen LogP contribution is -2.43. The number of amides is 3. The molecule has 208 valence electrons. The number of nitrogens with zero attached hydrogens (tertiary/aromatic N) is 5. The monoisotopic (exact) mass is 692 g/mol. The molecule has 0 radical (unpaired) electrons. The molecule has 1 aliphatic rings. The fourth-order valence-electron chi connectivity index (χ4n) is 4.50. The Kier molecular flexibility index (Phi) is 9.17. The molecule has 1 atom stereocenters. The molecule has 2 aromatic carbocycles. The lowest BCUT2D eigenvalue weighted by atomic mass is 10.0. The molecule has 13 heteroatoms. The normalized spacial score (nSPS) is 13.8. The minimum atomic E-state index is -0.261. The van der Waals surface area contributed by atoms with Crippen LogP contribution in [-0.2, 0) is 14.0 Å². The van der Waals surface area contributed by atoms with Gasteiger partial charge < -0.3 is 19.9 Å². The number of rotatable bonds is 7. The smallest absolute Gasteiger partial charge is 0.322 e. The van der Waals surface area contributed by atoms with Crippen molar-refractivity contribution in [1.82, 2.24) is 24.3 Å². The summed E-state index contributed by atoms with van der Waals surface area (Å²) in [6.07, 6.45) is 2.32. The number of hydrogen-bond acceptors (Lipinski definition) is 6.